The number of hydrogen-bond donors (Lipinski definition) is 1. The van der Waals surface area contributed by atoms with Crippen molar-refractivity contribution in [2.24, 2.45) is 11.1 Å². The standard InChI is InChI=1S/C12H23NO2.ClH/c1-10(2)15-11(14)8-12(9-13)6-4-3-5-7-12;/h10H,3-9,13H2,1-2H3;1H. The maximum atomic E-state index is 11.6. The Bertz CT molecular complexity index is 213. The van der Waals surface area contributed by atoms with Gasteiger partial charge in [-0.1, -0.05) is 19.3 Å². The number of ether oxygens (including phenoxy) is 1. The molecule has 1 aliphatic rings. The summed E-state index contributed by atoms with van der Waals surface area (Å²) < 4.78 is 5.19. The summed E-state index contributed by atoms with van der Waals surface area (Å²) in [5.74, 6) is -0.0858. The van der Waals surface area contributed by atoms with E-state index in [2.05, 4.69) is 0 Å². The van der Waals surface area contributed by atoms with Crippen LogP contribution in [0.1, 0.15) is 52.4 Å². The number of nitrogens with two attached hydrogens (primary N) is 1. The summed E-state index contributed by atoms with van der Waals surface area (Å²) in [6.45, 7) is 4.38. The largest absolute Gasteiger partial charge is 0.463 e. The quantitative estimate of drug-likeness (QED) is 0.780. The zero-order chi connectivity index (χ0) is 11.3. The lowest BCUT2D eigenvalue weighted by Gasteiger charge is -2.35. The molecule has 0 heterocycles. The lowest BCUT2D eigenvalue weighted by molar-refractivity contribution is -0.150. The number of halogens is 1. The average molecular weight is 250 g/mol. The molecule has 0 aromatic heterocycles. The van der Waals surface area contributed by atoms with Crippen LogP contribution in [0, 0.1) is 5.41 Å². The van der Waals surface area contributed by atoms with Gasteiger partial charge in [-0.25, -0.2) is 0 Å². The van der Waals surface area contributed by atoms with Gasteiger partial charge < -0.3 is 10.5 Å². The highest BCUT2D eigenvalue weighted by Gasteiger charge is 2.33. The molecule has 2 N–H and O–H groups in total. The van der Waals surface area contributed by atoms with Gasteiger partial charge in [0.2, 0.25) is 0 Å². The van der Waals surface area contributed by atoms with E-state index in [1.165, 1.54) is 19.3 Å². The van der Waals surface area contributed by atoms with E-state index < -0.39 is 0 Å². The zero-order valence-electron chi connectivity index (χ0n) is 10.3. The molecule has 0 aliphatic heterocycles. The van der Waals surface area contributed by atoms with Gasteiger partial charge in [-0.2, -0.15) is 0 Å². The van der Waals surface area contributed by atoms with Crippen LogP contribution in [-0.2, 0) is 9.53 Å². The SMILES string of the molecule is CC(C)OC(=O)CC1(CN)CCCCC1.Cl. The van der Waals surface area contributed by atoms with Gasteiger partial charge in [0, 0.05) is 0 Å². The first kappa shape index (κ1) is 15.7. The second kappa shape index (κ2) is 7.13. The summed E-state index contributed by atoms with van der Waals surface area (Å²) in [4.78, 5) is 11.6. The molecular weight excluding hydrogens is 226 g/mol. The molecule has 0 bridgehead atoms. The molecule has 0 amide bonds. The lowest BCUT2D eigenvalue weighted by atomic mass is 9.72. The van der Waals surface area contributed by atoms with Crippen molar-refractivity contribution in [1.29, 1.82) is 0 Å². The molecule has 0 spiro atoms. The molecule has 1 saturated carbocycles. The Hall–Kier alpha value is -0.280. The fraction of sp³-hybridized carbons (Fsp3) is 0.917. The first-order valence-corrected chi connectivity index (χ1v) is 5.97. The van der Waals surface area contributed by atoms with E-state index in [1.807, 2.05) is 13.8 Å². The van der Waals surface area contributed by atoms with Crippen LogP contribution in [-0.4, -0.2) is 18.6 Å². The van der Waals surface area contributed by atoms with Crippen molar-refractivity contribution in [3.63, 3.8) is 0 Å². The third-order valence-corrected chi connectivity index (χ3v) is 3.23. The normalized spacial score (nSPS) is 19.0. The van der Waals surface area contributed by atoms with Gasteiger partial charge in [0.05, 0.1) is 12.5 Å². The Balaban J connectivity index is 0.00000225. The minimum absolute atomic E-state index is 0. The summed E-state index contributed by atoms with van der Waals surface area (Å²) in [6.07, 6.45) is 6.32. The summed E-state index contributed by atoms with van der Waals surface area (Å²) in [5.41, 5.74) is 5.84. The predicted octanol–water partition coefficient (Wildman–Crippen LogP) is 2.66. The molecule has 0 aromatic rings. The molecule has 0 saturated heterocycles. The van der Waals surface area contributed by atoms with E-state index in [9.17, 15) is 4.79 Å². The molecule has 1 fully saturated rings. The average Bonchev–Trinajstić information content (AvgIpc) is 2.17. The number of carbonyl (C=O) groups excluding carboxylic acids is 1. The molecule has 16 heavy (non-hydrogen) atoms. The van der Waals surface area contributed by atoms with E-state index in [-0.39, 0.29) is 29.9 Å². The molecule has 1 aliphatic carbocycles. The van der Waals surface area contributed by atoms with Gasteiger partial charge in [-0.15, -0.1) is 12.4 Å². The fourth-order valence-corrected chi connectivity index (χ4v) is 2.37. The zero-order valence-corrected chi connectivity index (χ0v) is 11.1. The van der Waals surface area contributed by atoms with Crippen molar-refractivity contribution in [3.8, 4) is 0 Å². The maximum Gasteiger partial charge on any atom is 0.306 e. The van der Waals surface area contributed by atoms with Crippen molar-refractivity contribution >= 4 is 18.4 Å². The predicted molar refractivity (Wildman–Crippen MR) is 67.7 cm³/mol. The summed E-state index contributed by atoms with van der Waals surface area (Å²) in [5, 5.41) is 0. The van der Waals surface area contributed by atoms with Crippen LogP contribution < -0.4 is 5.73 Å². The third kappa shape index (κ3) is 4.71. The van der Waals surface area contributed by atoms with Crippen molar-refractivity contribution in [1.82, 2.24) is 0 Å². The minimum atomic E-state index is -0.0858. The van der Waals surface area contributed by atoms with E-state index in [0.717, 1.165) is 12.8 Å². The van der Waals surface area contributed by atoms with Crippen molar-refractivity contribution in [3.05, 3.63) is 0 Å². The maximum absolute atomic E-state index is 11.6. The van der Waals surface area contributed by atoms with Crippen LogP contribution in [0.4, 0.5) is 0 Å². The van der Waals surface area contributed by atoms with Crippen molar-refractivity contribution in [2.45, 2.75) is 58.5 Å². The Morgan fingerprint density at radius 1 is 1.31 bits per heavy atom. The number of carbonyl (C=O) groups is 1. The Labute approximate surface area is 105 Å². The second-order valence-electron chi connectivity index (χ2n) is 4.98. The molecule has 3 nitrogen and oxygen atoms in total. The van der Waals surface area contributed by atoms with E-state index in [0.29, 0.717) is 13.0 Å². The van der Waals surface area contributed by atoms with Crippen LogP contribution in [0.15, 0.2) is 0 Å². The van der Waals surface area contributed by atoms with Crippen LogP contribution >= 0.6 is 12.4 Å². The number of rotatable bonds is 4. The van der Waals surface area contributed by atoms with Crippen molar-refractivity contribution < 1.29 is 9.53 Å². The summed E-state index contributed by atoms with van der Waals surface area (Å²) >= 11 is 0. The van der Waals surface area contributed by atoms with Gasteiger partial charge >= 0.3 is 5.97 Å². The monoisotopic (exact) mass is 249 g/mol. The molecule has 96 valence electrons. The molecular formula is C12H24ClNO2. The Kier molecular flexibility index (Phi) is 7.00. The van der Waals surface area contributed by atoms with Crippen LogP contribution in [0.3, 0.4) is 0 Å². The second-order valence-corrected chi connectivity index (χ2v) is 4.98. The molecule has 0 unspecified atom stereocenters. The van der Waals surface area contributed by atoms with Gasteiger partial charge in [0.25, 0.3) is 0 Å². The smallest absolute Gasteiger partial charge is 0.306 e. The Morgan fingerprint density at radius 2 is 1.88 bits per heavy atom. The molecule has 4 heteroatoms. The molecule has 1 rings (SSSR count). The highest BCUT2D eigenvalue weighted by Crippen LogP contribution is 2.38. The fourth-order valence-electron chi connectivity index (χ4n) is 2.37. The van der Waals surface area contributed by atoms with E-state index >= 15 is 0 Å². The number of hydrogen-bond acceptors (Lipinski definition) is 3. The molecule has 0 radical (unpaired) electrons. The highest BCUT2D eigenvalue weighted by molar-refractivity contribution is 5.85. The number of esters is 1. The Morgan fingerprint density at radius 3 is 2.31 bits per heavy atom. The van der Waals surface area contributed by atoms with Gasteiger partial charge in [-0.3, -0.25) is 4.79 Å². The first-order valence-electron chi connectivity index (χ1n) is 5.97. The van der Waals surface area contributed by atoms with Gasteiger partial charge in [-0.05, 0) is 38.6 Å². The first-order chi connectivity index (χ1) is 7.08. The summed E-state index contributed by atoms with van der Waals surface area (Å²) in [7, 11) is 0. The molecule has 0 aromatic carbocycles. The summed E-state index contributed by atoms with van der Waals surface area (Å²) in [6, 6.07) is 0. The highest BCUT2D eigenvalue weighted by atomic mass is 35.5. The lowest BCUT2D eigenvalue weighted by Crippen LogP contribution is -2.35. The topological polar surface area (TPSA) is 52.3 Å². The van der Waals surface area contributed by atoms with Crippen LogP contribution in [0.25, 0.3) is 0 Å². The van der Waals surface area contributed by atoms with Crippen LogP contribution in [0.2, 0.25) is 0 Å². The van der Waals surface area contributed by atoms with E-state index in [4.69, 9.17) is 10.5 Å². The minimum Gasteiger partial charge on any atom is -0.463 e. The van der Waals surface area contributed by atoms with Crippen LogP contribution in [0.5, 0.6) is 0 Å². The van der Waals surface area contributed by atoms with Gasteiger partial charge in [0.15, 0.2) is 0 Å². The molecule has 0 atom stereocenters. The van der Waals surface area contributed by atoms with Gasteiger partial charge in [0.1, 0.15) is 0 Å². The van der Waals surface area contributed by atoms with Crippen molar-refractivity contribution in [2.75, 3.05) is 6.54 Å². The third-order valence-electron chi connectivity index (χ3n) is 3.23. The van der Waals surface area contributed by atoms with E-state index in [1.54, 1.807) is 0 Å².